The molecule has 7 heteroatoms. The van der Waals surface area contributed by atoms with E-state index < -0.39 is 11.9 Å². The third-order valence-corrected chi connectivity index (χ3v) is 4.29. The van der Waals surface area contributed by atoms with Gasteiger partial charge in [-0.05, 0) is 35.7 Å². The monoisotopic (exact) mass is 360 g/mol. The van der Waals surface area contributed by atoms with Crippen LogP contribution < -0.4 is 10.2 Å². The summed E-state index contributed by atoms with van der Waals surface area (Å²) in [5.74, 6) is -1.09. The molecule has 0 spiro atoms. The van der Waals surface area contributed by atoms with E-state index in [0.29, 0.717) is 10.6 Å². The van der Waals surface area contributed by atoms with Gasteiger partial charge in [0.25, 0.3) is 5.91 Å². The van der Waals surface area contributed by atoms with Crippen molar-refractivity contribution in [2.24, 2.45) is 0 Å². The maximum absolute atomic E-state index is 11.8. The maximum atomic E-state index is 11.8. The van der Waals surface area contributed by atoms with E-state index in [0.717, 1.165) is 5.69 Å². The number of hydrogen-bond donors (Lipinski definition) is 1. The number of esters is 1. The van der Waals surface area contributed by atoms with Crippen LogP contribution in [0, 0.1) is 0 Å². The Balaban J connectivity index is 1.70. The molecular formula is C18H20N2O4S. The summed E-state index contributed by atoms with van der Waals surface area (Å²) in [4.78, 5) is 37.8. The van der Waals surface area contributed by atoms with Crippen LogP contribution in [0.3, 0.4) is 0 Å². The molecule has 2 aromatic rings. The number of ether oxygens (including phenoxy) is 1. The molecule has 1 aromatic carbocycles. The summed E-state index contributed by atoms with van der Waals surface area (Å²) in [5.41, 5.74) is 1.64. The number of anilines is 2. The smallest absolute Gasteiger partial charge is 0.306 e. The Labute approximate surface area is 150 Å². The molecular weight excluding hydrogens is 340 g/mol. The van der Waals surface area contributed by atoms with Crippen LogP contribution in [-0.4, -0.2) is 38.4 Å². The number of rotatable bonds is 8. The first-order valence-electron chi connectivity index (χ1n) is 7.75. The van der Waals surface area contributed by atoms with Gasteiger partial charge in [0.1, 0.15) is 0 Å². The van der Waals surface area contributed by atoms with Gasteiger partial charge >= 0.3 is 5.97 Å². The highest BCUT2D eigenvalue weighted by Gasteiger charge is 2.12. The molecule has 0 fully saturated rings. The minimum Gasteiger partial charge on any atom is -0.456 e. The van der Waals surface area contributed by atoms with Crippen LogP contribution in [0.1, 0.15) is 22.5 Å². The average Bonchev–Trinajstić information content (AvgIpc) is 3.13. The summed E-state index contributed by atoms with van der Waals surface area (Å²) in [6.45, 7) is -0.374. The number of hydrogen-bond acceptors (Lipinski definition) is 6. The Morgan fingerprint density at radius 1 is 1.08 bits per heavy atom. The van der Waals surface area contributed by atoms with Gasteiger partial charge in [0.2, 0.25) is 0 Å². The van der Waals surface area contributed by atoms with Crippen molar-refractivity contribution in [3.05, 3.63) is 46.7 Å². The van der Waals surface area contributed by atoms with Gasteiger partial charge in [-0.25, -0.2) is 0 Å². The van der Waals surface area contributed by atoms with Crippen molar-refractivity contribution in [1.82, 2.24) is 0 Å². The number of carbonyl (C=O) groups excluding carboxylic acids is 3. The molecule has 0 aliphatic carbocycles. The lowest BCUT2D eigenvalue weighted by Gasteiger charge is -2.13. The zero-order valence-electron chi connectivity index (χ0n) is 14.2. The molecule has 0 aliphatic heterocycles. The predicted octanol–water partition coefficient (Wildman–Crippen LogP) is 2.96. The van der Waals surface area contributed by atoms with Crippen molar-refractivity contribution in [3.8, 4) is 0 Å². The van der Waals surface area contributed by atoms with Crippen molar-refractivity contribution in [2.45, 2.75) is 12.8 Å². The molecule has 1 amide bonds. The molecule has 0 bridgehead atoms. The second-order valence-electron chi connectivity index (χ2n) is 5.55. The standard InChI is InChI=1S/C18H20N2O4S/c1-20(2)14-7-5-13(6-8-14)19-17(22)12-24-18(23)10-9-15(21)16-4-3-11-25-16/h3-8,11H,9-10,12H2,1-2H3,(H,19,22). The summed E-state index contributed by atoms with van der Waals surface area (Å²) < 4.78 is 4.90. The minimum absolute atomic E-state index is 0.0401. The van der Waals surface area contributed by atoms with Crippen LogP contribution in [0.4, 0.5) is 11.4 Å². The Morgan fingerprint density at radius 3 is 2.40 bits per heavy atom. The normalized spacial score (nSPS) is 10.2. The van der Waals surface area contributed by atoms with Crippen molar-refractivity contribution in [1.29, 1.82) is 0 Å². The van der Waals surface area contributed by atoms with Crippen LogP contribution in [0.25, 0.3) is 0 Å². The van der Waals surface area contributed by atoms with Gasteiger partial charge < -0.3 is 15.0 Å². The molecule has 0 saturated carbocycles. The Morgan fingerprint density at radius 2 is 1.80 bits per heavy atom. The average molecular weight is 360 g/mol. The van der Waals surface area contributed by atoms with Crippen LogP contribution in [0.2, 0.25) is 0 Å². The quantitative estimate of drug-likeness (QED) is 0.579. The highest BCUT2D eigenvalue weighted by Crippen LogP contribution is 2.15. The number of amides is 1. The minimum atomic E-state index is -0.567. The largest absolute Gasteiger partial charge is 0.456 e. The number of thiophene rings is 1. The van der Waals surface area contributed by atoms with Gasteiger partial charge in [0.05, 0.1) is 11.3 Å². The second kappa shape index (κ2) is 8.98. The Kier molecular flexibility index (Phi) is 6.71. The predicted molar refractivity (Wildman–Crippen MR) is 98.2 cm³/mol. The summed E-state index contributed by atoms with van der Waals surface area (Å²) in [7, 11) is 3.85. The summed E-state index contributed by atoms with van der Waals surface area (Å²) >= 11 is 1.34. The van der Waals surface area contributed by atoms with E-state index in [2.05, 4.69) is 5.32 Å². The highest BCUT2D eigenvalue weighted by atomic mass is 32.1. The van der Waals surface area contributed by atoms with Gasteiger partial charge in [-0.15, -0.1) is 11.3 Å². The maximum Gasteiger partial charge on any atom is 0.306 e. The number of Topliss-reactive ketones (excluding diaryl/α,β-unsaturated/α-hetero) is 1. The number of ketones is 1. The SMILES string of the molecule is CN(C)c1ccc(NC(=O)COC(=O)CCC(=O)c2cccs2)cc1. The first-order chi connectivity index (χ1) is 12.0. The number of carbonyl (C=O) groups is 3. The van der Waals surface area contributed by atoms with Crippen LogP contribution in [-0.2, 0) is 14.3 Å². The molecule has 0 radical (unpaired) electrons. The fourth-order valence-corrected chi connectivity index (χ4v) is 2.73. The van der Waals surface area contributed by atoms with Gasteiger partial charge in [-0.1, -0.05) is 6.07 Å². The molecule has 1 N–H and O–H groups in total. The lowest BCUT2D eigenvalue weighted by Crippen LogP contribution is -2.21. The van der Waals surface area contributed by atoms with Gasteiger partial charge in [-0.2, -0.15) is 0 Å². The number of benzene rings is 1. The first-order valence-corrected chi connectivity index (χ1v) is 8.63. The molecule has 1 heterocycles. The molecule has 0 unspecified atom stereocenters. The highest BCUT2D eigenvalue weighted by molar-refractivity contribution is 7.12. The third-order valence-electron chi connectivity index (χ3n) is 3.38. The van der Waals surface area contributed by atoms with Crippen LogP contribution >= 0.6 is 11.3 Å². The molecule has 2 rings (SSSR count). The zero-order chi connectivity index (χ0) is 18.2. The first kappa shape index (κ1) is 18.7. The van der Waals surface area contributed by atoms with Crippen molar-refractivity contribution >= 4 is 40.4 Å². The van der Waals surface area contributed by atoms with E-state index in [-0.39, 0.29) is 25.2 Å². The van der Waals surface area contributed by atoms with Crippen molar-refractivity contribution < 1.29 is 19.1 Å². The molecule has 0 saturated heterocycles. The van der Waals surface area contributed by atoms with Crippen molar-refractivity contribution in [2.75, 3.05) is 30.9 Å². The third kappa shape index (κ3) is 6.04. The lowest BCUT2D eigenvalue weighted by atomic mass is 10.2. The molecule has 132 valence electrons. The topological polar surface area (TPSA) is 75.7 Å². The van der Waals surface area contributed by atoms with Crippen molar-refractivity contribution in [3.63, 3.8) is 0 Å². The molecule has 0 atom stereocenters. The number of nitrogens with zero attached hydrogens (tertiary/aromatic N) is 1. The summed E-state index contributed by atoms with van der Waals surface area (Å²) in [6, 6.07) is 10.8. The van der Waals surface area contributed by atoms with E-state index in [4.69, 9.17) is 4.74 Å². The van der Waals surface area contributed by atoms with Gasteiger partial charge in [-0.3, -0.25) is 14.4 Å². The second-order valence-corrected chi connectivity index (χ2v) is 6.50. The summed E-state index contributed by atoms with van der Waals surface area (Å²) in [5, 5.41) is 4.46. The zero-order valence-corrected chi connectivity index (χ0v) is 15.0. The Hall–Kier alpha value is -2.67. The molecule has 1 aromatic heterocycles. The lowest BCUT2D eigenvalue weighted by molar-refractivity contribution is -0.147. The van der Waals surface area contributed by atoms with Crippen LogP contribution in [0.15, 0.2) is 41.8 Å². The van der Waals surface area contributed by atoms with Gasteiger partial charge in [0.15, 0.2) is 12.4 Å². The van der Waals surface area contributed by atoms with E-state index in [1.165, 1.54) is 11.3 Å². The fourth-order valence-electron chi connectivity index (χ4n) is 2.03. The van der Waals surface area contributed by atoms with E-state index >= 15 is 0 Å². The number of nitrogens with one attached hydrogen (secondary N) is 1. The van der Waals surface area contributed by atoms with E-state index in [1.54, 1.807) is 29.6 Å². The van der Waals surface area contributed by atoms with Gasteiger partial charge in [0, 0.05) is 31.9 Å². The molecule has 0 aliphatic rings. The summed E-state index contributed by atoms with van der Waals surface area (Å²) in [6.07, 6.45) is 0.0362. The van der Waals surface area contributed by atoms with E-state index in [9.17, 15) is 14.4 Å². The van der Waals surface area contributed by atoms with E-state index in [1.807, 2.05) is 31.1 Å². The Bertz CT molecular complexity index is 724. The van der Waals surface area contributed by atoms with Crippen LogP contribution in [0.5, 0.6) is 0 Å². The molecule has 25 heavy (non-hydrogen) atoms. The molecule has 6 nitrogen and oxygen atoms in total. The fraction of sp³-hybridized carbons (Fsp3) is 0.278.